The van der Waals surface area contributed by atoms with E-state index in [1.807, 2.05) is 0 Å². The van der Waals surface area contributed by atoms with Crippen LogP contribution in [0.5, 0.6) is 0 Å². The second-order valence-electron chi connectivity index (χ2n) is 6.29. The van der Waals surface area contributed by atoms with Crippen LogP contribution in [0.2, 0.25) is 0 Å². The van der Waals surface area contributed by atoms with E-state index in [1.54, 1.807) is 0 Å². The molecule has 2 N–H and O–H groups in total. The normalized spacial score (nSPS) is 16.6. The van der Waals surface area contributed by atoms with Gasteiger partial charge in [-0.15, -0.1) is 0 Å². The lowest BCUT2D eigenvalue weighted by atomic mass is 10.2. The van der Waals surface area contributed by atoms with Crippen molar-refractivity contribution in [2.45, 2.75) is 39.3 Å². The topological polar surface area (TPSA) is 39.7 Å². The van der Waals surface area contributed by atoms with E-state index in [0.717, 1.165) is 38.1 Å². The second kappa shape index (κ2) is 8.79. The quantitative estimate of drug-likeness (QED) is 0.572. The van der Waals surface area contributed by atoms with Crippen molar-refractivity contribution in [3.8, 4) is 0 Å². The lowest BCUT2D eigenvalue weighted by Crippen LogP contribution is -2.40. The first-order chi connectivity index (χ1) is 10.7. The molecule has 1 atom stereocenters. The molecule has 22 heavy (non-hydrogen) atoms. The summed E-state index contributed by atoms with van der Waals surface area (Å²) < 4.78 is 0. The minimum absolute atomic E-state index is 0.414. The number of nitrogens with zero attached hydrogens (tertiary/aromatic N) is 2. The summed E-state index contributed by atoms with van der Waals surface area (Å²) in [5.41, 5.74) is 1.35. The van der Waals surface area contributed by atoms with Crippen LogP contribution in [0.1, 0.15) is 32.3 Å². The molecule has 0 saturated heterocycles. The highest BCUT2D eigenvalue weighted by Gasteiger charge is 2.21. The predicted octanol–water partition coefficient (Wildman–Crippen LogP) is 2.47. The Labute approximate surface area is 135 Å². The molecule has 4 heteroatoms. The number of rotatable bonds is 8. The van der Waals surface area contributed by atoms with E-state index in [-0.39, 0.29) is 0 Å². The van der Waals surface area contributed by atoms with Crippen LogP contribution in [0.4, 0.5) is 0 Å². The van der Waals surface area contributed by atoms with Crippen LogP contribution in [0.25, 0.3) is 0 Å². The monoisotopic (exact) mass is 302 g/mol. The van der Waals surface area contributed by atoms with Crippen molar-refractivity contribution in [1.29, 1.82) is 0 Å². The van der Waals surface area contributed by atoms with Gasteiger partial charge in [0, 0.05) is 25.7 Å². The maximum absolute atomic E-state index is 4.73. The van der Waals surface area contributed by atoms with Crippen molar-refractivity contribution < 1.29 is 0 Å². The molecule has 0 bridgehead atoms. The van der Waals surface area contributed by atoms with Gasteiger partial charge >= 0.3 is 0 Å². The van der Waals surface area contributed by atoms with Gasteiger partial charge in [-0.05, 0) is 45.2 Å². The second-order valence-corrected chi connectivity index (χ2v) is 6.29. The van der Waals surface area contributed by atoms with Gasteiger partial charge in [0.15, 0.2) is 5.96 Å². The Morgan fingerprint density at radius 1 is 1.27 bits per heavy atom. The molecule has 0 radical (unpaired) electrons. The summed E-state index contributed by atoms with van der Waals surface area (Å²) in [7, 11) is 2.16. The Bertz CT molecular complexity index is 453. The van der Waals surface area contributed by atoms with Gasteiger partial charge in [-0.1, -0.05) is 30.3 Å². The number of guanidine groups is 1. The van der Waals surface area contributed by atoms with Crippen molar-refractivity contribution in [2.24, 2.45) is 10.9 Å². The number of hydrogen-bond donors (Lipinski definition) is 2. The summed E-state index contributed by atoms with van der Waals surface area (Å²) in [6.45, 7) is 8.08. The molecule has 1 aromatic carbocycles. The Kier molecular flexibility index (Phi) is 6.72. The maximum atomic E-state index is 4.73. The summed E-state index contributed by atoms with van der Waals surface area (Å²) in [5.74, 6) is 1.82. The molecule has 4 nitrogen and oxygen atoms in total. The lowest BCUT2D eigenvalue weighted by Gasteiger charge is -2.24. The molecule has 0 heterocycles. The number of likely N-dealkylation sites (N-methyl/N-ethyl adjacent to an activating group) is 1. The largest absolute Gasteiger partial charge is 0.357 e. The molecular weight excluding hydrogens is 272 g/mol. The smallest absolute Gasteiger partial charge is 0.191 e. The van der Waals surface area contributed by atoms with E-state index >= 15 is 0 Å². The molecular formula is C18H30N4. The Hall–Kier alpha value is -1.55. The minimum atomic E-state index is 0.414. The zero-order valence-corrected chi connectivity index (χ0v) is 14.2. The van der Waals surface area contributed by atoms with Crippen LogP contribution in [0.15, 0.2) is 35.3 Å². The summed E-state index contributed by atoms with van der Waals surface area (Å²) in [4.78, 5) is 7.08. The molecule has 0 aromatic heterocycles. The minimum Gasteiger partial charge on any atom is -0.357 e. The lowest BCUT2D eigenvalue weighted by molar-refractivity contribution is 0.255. The van der Waals surface area contributed by atoms with Crippen LogP contribution in [0, 0.1) is 5.92 Å². The van der Waals surface area contributed by atoms with E-state index in [0.29, 0.717) is 6.04 Å². The fourth-order valence-corrected chi connectivity index (χ4v) is 2.29. The van der Waals surface area contributed by atoms with E-state index in [2.05, 4.69) is 66.8 Å². The zero-order valence-electron chi connectivity index (χ0n) is 14.2. The van der Waals surface area contributed by atoms with Gasteiger partial charge < -0.3 is 10.6 Å². The van der Waals surface area contributed by atoms with Gasteiger partial charge in [0.25, 0.3) is 0 Å². The highest BCUT2D eigenvalue weighted by Crippen LogP contribution is 2.27. The number of benzene rings is 1. The SMILES string of the molecule is CCNC(=NCC(C)N(C)Cc1ccccc1)NCC1CC1. The van der Waals surface area contributed by atoms with Crippen LogP contribution >= 0.6 is 0 Å². The highest BCUT2D eigenvalue weighted by molar-refractivity contribution is 5.79. The van der Waals surface area contributed by atoms with Crippen molar-refractivity contribution in [2.75, 3.05) is 26.7 Å². The molecule has 2 rings (SSSR count). The van der Waals surface area contributed by atoms with E-state index < -0.39 is 0 Å². The van der Waals surface area contributed by atoms with Crippen LogP contribution in [-0.2, 0) is 6.54 Å². The van der Waals surface area contributed by atoms with E-state index in [4.69, 9.17) is 4.99 Å². The number of hydrogen-bond acceptors (Lipinski definition) is 2. The van der Waals surface area contributed by atoms with Crippen LogP contribution in [-0.4, -0.2) is 43.6 Å². The third-order valence-corrected chi connectivity index (χ3v) is 4.14. The van der Waals surface area contributed by atoms with E-state index in [1.165, 1.54) is 18.4 Å². The fourth-order valence-electron chi connectivity index (χ4n) is 2.29. The molecule has 1 saturated carbocycles. The Balaban J connectivity index is 1.79. The van der Waals surface area contributed by atoms with Gasteiger partial charge in [0.1, 0.15) is 0 Å². The maximum Gasteiger partial charge on any atom is 0.191 e. The molecule has 1 unspecified atom stereocenters. The van der Waals surface area contributed by atoms with Gasteiger partial charge in [0.2, 0.25) is 0 Å². The molecule has 0 amide bonds. The Morgan fingerprint density at radius 3 is 2.64 bits per heavy atom. The summed E-state index contributed by atoms with van der Waals surface area (Å²) >= 11 is 0. The van der Waals surface area contributed by atoms with Crippen molar-refractivity contribution >= 4 is 5.96 Å². The number of aliphatic imine (C=N–C) groups is 1. The third kappa shape index (κ3) is 6.06. The molecule has 1 aliphatic carbocycles. The molecule has 0 aliphatic heterocycles. The third-order valence-electron chi connectivity index (χ3n) is 4.14. The van der Waals surface area contributed by atoms with Crippen molar-refractivity contribution in [3.05, 3.63) is 35.9 Å². The molecule has 1 aromatic rings. The van der Waals surface area contributed by atoms with Gasteiger partial charge in [-0.3, -0.25) is 9.89 Å². The van der Waals surface area contributed by atoms with Crippen LogP contribution in [0.3, 0.4) is 0 Å². The van der Waals surface area contributed by atoms with Gasteiger partial charge in [0.05, 0.1) is 6.54 Å². The zero-order chi connectivity index (χ0) is 15.8. The summed E-state index contributed by atoms with van der Waals surface area (Å²) in [6.07, 6.45) is 2.73. The number of nitrogens with one attached hydrogen (secondary N) is 2. The predicted molar refractivity (Wildman–Crippen MR) is 94.1 cm³/mol. The van der Waals surface area contributed by atoms with Crippen molar-refractivity contribution in [1.82, 2.24) is 15.5 Å². The standard InChI is InChI=1S/C18H30N4/c1-4-19-18(21-13-16-10-11-16)20-12-15(2)22(3)14-17-8-6-5-7-9-17/h5-9,15-16H,4,10-14H2,1-3H3,(H2,19,20,21). The first-order valence-electron chi connectivity index (χ1n) is 8.45. The average Bonchev–Trinajstić information content (AvgIpc) is 3.35. The average molecular weight is 302 g/mol. The summed E-state index contributed by atoms with van der Waals surface area (Å²) in [6, 6.07) is 11.0. The molecule has 0 spiro atoms. The Morgan fingerprint density at radius 2 is 2.00 bits per heavy atom. The van der Waals surface area contributed by atoms with Crippen LogP contribution < -0.4 is 10.6 Å². The first kappa shape index (κ1) is 16.8. The fraction of sp³-hybridized carbons (Fsp3) is 0.611. The van der Waals surface area contributed by atoms with Crippen molar-refractivity contribution in [3.63, 3.8) is 0 Å². The summed E-state index contributed by atoms with van der Waals surface area (Å²) in [5, 5.41) is 6.78. The van der Waals surface area contributed by atoms with Gasteiger partial charge in [-0.2, -0.15) is 0 Å². The van der Waals surface area contributed by atoms with E-state index in [9.17, 15) is 0 Å². The molecule has 1 fully saturated rings. The molecule has 122 valence electrons. The van der Waals surface area contributed by atoms with Gasteiger partial charge in [-0.25, -0.2) is 0 Å². The highest BCUT2D eigenvalue weighted by atomic mass is 15.2. The molecule has 1 aliphatic rings. The first-order valence-corrected chi connectivity index (χ1v) is 8.45.